The first-order valence-corrected chi connectivity index (χ1v) is 16.8. The summed E-state index contributed by atoms with van der Waals surface area (Å²) < 4.78 is 2.51. The van der Waals surface area contributed by atoms with Crippen LogP contribution in [0.4, 0.5) is 0 Å². The number of pyridine rings is 1. The standard InChI is InChI=1S/C35H66N/c1-4-7-10-12-14-16-18-20-22-24-26-28-34-31-35(33-36(32-34)30-9-6-3)29-27-25-23-21-19-17-15-13-11-8-5-2/h31-33H,4-30H2,1-3H3/q+1. The van der Waals surface area contributed by atoms with E-state index in [9.17, 15) is 0 Å². The van der Waals surface area contributed by atoms with Crippen LogP contribution >= 0.6 is 0 Å². The van der Waals surface area contributed by atoms with Gasteiger partial charge in [-0.25, -0.2) is 4.57 Å². The molecule has 0 atom stereocenters. The highest BCUT2D eigenvalue weighted by Crippen LogP contribution is 2.15. The van der Waals surface area contributed by atoms with Gasteiger partial charge in [0.05, 0.1) is 0 Å². The quantitative estimate of drug-likeness (QED) is 0.0835. The number of nitrogens with zero attached hydrogens (tertiary/aromatic N) is 1. The third-order valence-electron chi connectivity index (χ3n) is 7.94. The van der Waals surface area contributed by atoms with Crippen LogP contribution in [0.1, 0.15) is 186 Å². The van der Waals surface area contributed by atoms with Crippen molar-refractivity contribution in [1.29, 1.82) is 0 Å². The van der Waals surface area contributed by atoms with E-state index in [1.165, 1.54) is 173 Å². The van der Waals surface area contributed by atoms with Gasteiger partial charge in [-0.1, -0.05) is 156 Å². The van der Waals surface area contributed by atoms with Crippen molar-refractivity contribution in [1.82, 2.24) is 0 Å². The minimum Gasteiger partial charge on any atom is -0.205 e. The van der Waals surface area contributed by atoms with Gasteiger partial charge >= 0.3 is 0 Å². The summed E-state index contributed by atoms with van der Waals surface area (Å²) in [5, 5.41) is 0. The fraction of sp³-hybridized carbons (Fsp3) is 0.857. The predicted octanol–water partition coefficient (Wildman–Crippen LogP) is 11.5. The van der Waals surface area contributed by atoms with Gasteiger partial charge in [-0.2, -0.15) is 0 Å². The number of hydrogen-bond acceptors (Lipinski definition) is 0. The number of rotatable bonds is 27. The molecule has 0 saturated carbocycles. The van der Waals surface area contributed by atoms with Crippen molar-refractivity contribution >= 4 is 0 Å². The SMILES string of the molecule is CCCCCCCCCCCCCc1cc(CCCCCCCCCCCCC)c[n+](CCCC)c1. The molecule has 1 aromatic rings. The van der Waals surface area contributed by atoms with Crippen molar-refractivity contribution in [3.8, 4) is 0 Å². The van der Waals surface area contributed by atoms with Crippen molar-refractivity contribution in [2.45, 2.75) is 194 Å². The Morgan fingerprint density at radius 1 is 0.389 bits per heavy atom. The summed E-state index contributed by atoms with van der Waals surface area (Å²) >= 11 is 0. The number of hydrogen-bond donors (Lipinski definition) is 0. The molecule has 1 aromatic heterocycles. The monoisotopic (exact) mass is 501 g/mol. The van der Waals surface area contributed by atoms with E-state index in [0.717, 1.165) is 0 Å². The van der Waals surface area contributed by atoms with Gasteiger partial charge in [0.15, 0.2) is 12.4 Å². The Kier molecular flexibility index (Phi) is 23.8. The summed E-state index contributed by atoms with van der Waals surface area (Å²) in [6.45, 7) is 8.11. The van der Waals surface area contributed by atoms with E-state index in [1.807, 2.05) is 0 Å². The molecule has 36 heavy (non-hydrogen) atoms. The molecular weight excluding hydrogens is 434 g/mol. The zero-order chi connectivity index (χ0) is 25.9. The van der Waals surface area contributed by atoms with E-state index in [2.05, 4.69) is 43.8 Å². The average molecular weight is 501 g/mol. The average Bonchev–Trinajstić information content (AvgIpc) is 2.89. The lowest BCUT2D eigenvalue weighted by Crippen LogP contribution is -2.34. The molecule has 0 aliphatic heterocycles. The molecule has 0 amide bonds. The van der Waals surface area contributed by atoms with Crippen LogP contribution in [-0.2, 0) is 19.4 Å². The Hall–Kier alpha value is -0.850. The van der Waals surface area contributed by atoms with E-state index in [-0.39, 0.29) is 0 Å². The zero-order valence-electron chi connectivity index (χ0n) is 25.3. The van der Waals surface area contributed by atoms with Crippen LogP contribution in [0.2, 0.25) is 0 Å². The van der Waals surface area contributed by atoms with Crippen LogP contribution in [0.25, 0.3) is 0 Å². The van der Waals surface area contributed by atoms with Crippen molar-refractivity contribution < 1.29 is 4.57 Å². The largest absolute Gasteiger partial charge is 0.205 e. The van der Waals surface area contributed by atoms with Crippen molar-refractivity contribution in [3.05, 3.63) is 29.6 Å². The first kappa shape index (κ1) is 33.2. The van der Waals surface area contributed by atoms with E-state index >= 15 is 0 Å². The second kappa shape index (κ2) is 25.8. The topological polar surface area (TPSA) is 3.88 Å². The molecule has 1 nitrogen and oxygen atoms in total. The normalized spacial score (nSPS) is 11.4. The molecule has 0 aliphatic carbocycles. The van der Waals surface area contributed by atoms with Crippen molar-refractivity contribution in [2.75, 3.05) is 0 Å². The molecule has 1 heterocycles. The molecule has 0 N–H and O–H groups in total. The maximum absolute atomic E-state index is 2.54. The first-order valence-electron chi connectivity index (χ1n) is 16.8. The van der Waals surface area contributed by atoms with Crippen molar-refractivity contribution in [2.24, 2.45) is 0 Å². The summed E-state index contributed by atoms with van der Waals surface area (Å²) in [4.78, 5) is 0. The van der Waals surface area contributed by atoms with Gasteiger partial charge in [-0.05, 0) is 31.7 Å². The van der Waals surface area contributed by atoms with Gasteiger partial charge in [0, 0.05) is 17.5 Å². The van der Waals surface area contributed by atoms with Gasteiger partial charge in [0.1, 0.15) is 6.54 Å². The molecule has 0 aliphatic rings. The van der Waals surface area contributed by atoms with Crippen LogP contribution in [0.5, 0.6) is 0 Å². The highest BCUT2D eigenvalue weighted by Gasteiger charge is 2.08. The number of aromatic nitrogens is 1. The van der Waals surface area contributed by atoms with Gasteiger partial charge in [-0.15, -0.1) is 0 Å². The predicted molar refractivity (Wildman–Crippen MR) is 162 cm³/mol. The molecule has 1 heteroatoms. The summed E-state index contributed by atoms with van der Waals surface area (Å²) in [5.74, 6) is 0. The Morgan fingerprint density at radius 2 is 0.694 bits per heavy atom. The Balaban J connectivity index is 2.21. The van der Waals surface area contributed by atoms with Gasteiger partial charge in [0.2, 0.25) is 0 Å². The molecule has 0 radical (unpaired) electrons. The molecule has 0 aromatic carbocycles. The zero-order valence-corrected chi connectivity index (χ0v) is 25.3. The Labute approximate surface area is 228 Å². The maximum Gasteiger partial charge on any atom is 0.171 e. The maximum atomic E-state index is 2.54. The smallest absolute Gasteiger partial charge is 0.171 e. The second-order valence-corrected chi connectivity index (χ2v) is 11.7. The van der Waals surface area contributed by atoms with Crippen LogP contribution in [0, 0.1) is 0 Å². The second-order valence-electron chi connectivity index (χ2n) is 11.7. The van der Waals surface area contributed by atoms with Crippen LogP contribution in [0.15, 0.2) is 18.5 Å². The fourth-order valence-electron chi connectivity index (χ4n) is 5.51. The van der Waals surface area contributed by atoms with E-state index in [1.54, 1.807) is 11.1 Å². The fourth-order valence-corrected chi connectivity index (χ4v) is 5.51. The molecule has 0 saturated heterocycles. The lowest BCUT2D eigenvalue weighted by molar-refractivity contribution is -0.698. The van der Waals surface area contributed by atoms with Crippen molar-refractivity contribution in [3.63, 3.8) is 0 Å². The first-order chi connectivity index (χ1) is 17.8. The highest BCUT2D eigenvalue weighted by atomic mass is 14.9. The molecule has 1 rings (SSSR count). The highest BCUT2D eigenvalue weighted by molar-refractivity contribution is 5.15. The lowest BCUT2D eigenvalue weighted by atomic mass is 10.0. The van der Waals surface area contributed by atoms with E-state index in [0.29, 0.717) is 0 Å². The summed E-state index contributed by atoms with van der Waals surface area (Å²) in [7, 11) is 0. The lowest BCUT2D eigenvalue weighted by Gasteiger charge is -2.07. The molecule has 0 unspecified atom stereocenters. The summed E-state index contributed by atoms with van der Waals surface area (Å²) in [5.41, 5.74) is 3.17. The molecule has 0 spiro atoms. The van der Waals surface area contributed by atoms with E-state index in [4.69, 9.17) is 0 Å². The van der Waals surface area contributed by atoms with Gasteiger partial charge in [-0.3, -0.25) is 0 Å². The Morgan fingerprint density at radius 3 is 1.03 bits per heavy atom. The van der Waals surface area contributed by atoms with Crippen LogP contribution < -0.4 is 4.57 Å². The van der Waals surface area contributed by atoms with E-state index < -0.39 is 0 Å². The molecular formula is C35H66N+. The van der Waals surface area contributed by atoms with Gasteiger partial charge in [0.25, 0.3) is 0 Å². The van der Waals surface area contributed by atoms with Crippen LogP contribution in [0.3, 0.4) is 0 Å². The van der Waals surface area contributed by atoms with Gasteiger partial charge < -0.3 is 0 Å². The Bertz CT molecular complexity index is 534. The third-order valence-corrected chi connectivity index (χ3v) is 7.94. The number of aryl methyl sites for hydroxylation is 3. The summed E-state index contributed by atoms with van der Waals surface area (Å²) in [6.07, 6.45) is 41.5. The minimum absolute atomic E-state index is 1.19. The van der Waals surface area contributed by atoms with Crippen LogP contribution in [-0.4, -0.2) is 0 Å². The third kappa shape index (κ3) is 20.2. The molecule has 0 bridgehead atoms. The minimum atomic E-state index is 1.19. The molecule has 210 valence electrons. The molecule has 0 fully saturated rings. The summed E-state index contributed by atoms with van der Waals surface area (Å²) in [6, 6.07) is 2.54. The number of unbranched alkanes of at least 4 members (excludes halogenated alkanes) is 21.